The number of hydrogen-bond acceptors (Lipinski definition) is 11. The van der Waals surface area contributed by atoms with E-state index in [0.717, 1.165) is 6.26 Å². The molecule has 4 aromatic heterocycles. The summed E-state index contributed by atoms with van der Waals surface area (Å²) in [6, 6.07) is 4.93. The zero-order valence-electron chi connectivity index (χ0n) is 19.6. The lowest BCUT2D eigenvalue weighted by atomic mass is 9.92. The maximum Gasteiger partial charge on any atom is 0.455 e. The fourth-order valence-corrected chi connectivity index (χ4v) is 5.51. The summed E-state index contributed by atoms with van der Waals surface area (Å²) in [7, 11) is -3.40. The smallest absolute Gasteiger partial charge is 0.455 e. The average Bonchev–Trinajstić information content (AvgIpc) is 3.50. The highest BCUT2D eigenvalue weighted by Crippen LogP contribution is 2.33. The molecule has 0 unspecified atom stereocenters. The Bertz CT molecular complexity index is 1530. The van der Waals surface area contributed by atoms with E-state index in [1.54, 1.807) is 23.2 Å². The van der Waals surface area contributed by atoms with Crippen LogP contribution in [0.5, 0.6) is 5.19 Å². The lowest BCUT2D eigenvalue weighted by molar-refractivity contribution is -0.146. The SMILES string of the molecule is C[C@H](Oc1nc2ccc(-c3cncc(S(C)(=O)=O)c3)nc2s1)C1CCN(c2nc(C(F)(F)F)no2)CC1. The number of halogens is 3. The van der Waals surface area contributed by atoms with Crippen LogP contribution in [0, 0.1) is 5.92 Å². The predicted octanol–water partition coefficient (Wildman–Crippen LogP) is 4.24. The number of rotatable bonds is 6. The van der Waals surface area contributed by atoms with E-state index >= 15 is 0 Å². The van der Waals surface area contributed by atoms with E-state index in [1.165, 1.54) is 23.6 Å². The lowest BCUT2D eigenvalue weighted by Gasteiger charge is -2.33. The van der Waals surface area contributed by atoms with Gasteiger partial charge in [-0.05, 0) is 49.0 Å². The zero-order valence-corrected chi connectivity index (χ0v) is 21.3. The van der Waals surface area contributed by atoms with Gasteiger partial charge in [-0.15, -0.1) is 0 Å². The Kier molecular flexibility index (Phi) is 6.52. The van der Waals surface area contributed by atoms with Crippen molar-refractivity contribution < 1.29 is 30.8 Å². The third kappa shape index (κ3) is 5.51. The first kappa shape index (κ1) is 25.3. The molecule has 0 saturated carbocycles. The lowest BCUT2D eigenvalue weighted by Crippen LogP contribution is -2.38. The average molecular weight is 555 g/mol. The largest absolute Gasteiger partial charge is 0.467 e. The number of thiazole rings is 1. The van der Waals surface area contributed by atoms with Gasteiger partial charge >= 0.3 is 12.2 Å². The first-order chi connectivity index (χ1) is 17.5. The number of aromatic nitrogens is 5. The zero-order chi connectivity index (χ0) is 26.4. The van der Waals surface area contributed by atoms with Gasteiger partial charge in [0.25, 0.3) is 11.0 Å². The van der Waals surface area contributed by atoms with Gasteiger partial charge in [0.2, 0.25) is 0 Å². The van der Waals surface area contributed by atoms with Gasteiger partial charge in [-0.1, -0.05) is 11.3 Å². The maximum absolute atomic E-state index is 12.7. The summed E-state index contributed by atoms with van der Waals surface area (Å²) in [5, 5.41) is 3.46. The van der Waals surface area contributed by atoms with Gasteiger partial charge in [0.05, 0.1) is 10.6 Å². The number of fused-ring (bicyclic) bond motifs is 1. The molecular formula is C22H21F3N6O4S2. The number of piperidine rings is 1. The number of pyridine rings is 2. The van der Waals surface area contributed by atoms with Crippen molar-refractivity contribution in [3.05, 3.63) is 36.4 Å². The molecule has 1 aliphatic rings. The molecule has 1 aliphatic heterocycles. The normalized spacial score (nSPS) is 16.3. The molecule has 0 spiro atoms. The number of nitrogens with zero attached hydrogens (tertiary/aromatic N) is 6. The van der Waals surface area contributed by atoms with Crippen molar-refractivity contribution in [3.63, 3.8) is 0 Å². The van der Waals surface area contributed by atoms with E-state index in [0.29, 0.717) is 52.7 Å². The van der Waals surface area contributed by atoms with Gasteiger partial charge in [0, 0.05) is 37.3 Å². The fourth-order valence-electron chi connectivity index (χ4n) is 4.04. The standard InChI is InChI=1S/C22H21F3N6O4S2/c1-12(13-5-7-31(8-6-13)20-29-19(30-35-20)22(23,24)25)34-21-28-17-4-3-16(27-18(17)36-21)14-9-15(11-26-10-14)37(2,32)33/h3-4,9-13H,5-8H2,1-2H3/t12-/m0/s1. The molecule has 196 valence electrons. The minimum Gasteiger partial charge on any atom is -0.467 e. The highest BCUT2D eigenvalue weighted by Gasteiger charge is 2.38. The Morgan fingerprint density at radius 3 is 2.59 bits per heavy atom. The van der Waals surface area contributed by atoms with Crippen LogP contribution in [0.25, 0.3) is 21.6 Å². The van der Waals surface area contributed by atoms with Crippen molar-refractivity contribution in [1.29, 1.82) is 0 Å². The van der Waals surface area contributed by atoms with Crippen LogP contribution in [-0.4, -0.2) is 59.0 Å². The predicted molar refractivity (Wildman–Crippen MR) is 128 cm³/mol. The molecular weight excluding hydrogens is 533 g/mol. The molecule has 0 N–H and O–H groups in total. The van der Waals surface area contributed by atoms with Crippen molar-refractivity contribution in [2.45, 2.75) is 36.9 Å². The topological polar surface area (TPSA) is 124 Å². The second-order valence-corrected chi connectivity index (χ2v) is 11.7. The molecule has 0 aromatic carbocycles. The van der Waals surface area contributed by atoms with Crippen LogP contribution < -0.4 is 9.64 Å². The first-order valence-electron chi connectivity index (χ1n) is 11.2. The molecule has 1 saturated heterocycles. The first-order valence-corrected chi connectivity index (χ1v) is 13.9. The second-order valence-electron chi connectivity index (χ2n) is 8.73. The van der Waals surface area contributed by atoms with Crippen molar-refractivity contribution in [2.75, 3.05) is 24.2 Å². The minimum absolute atomic E-state index is 0.111. The number of anilines is 1. The second kappa shape index (κ2) is 9.52. The van der Waals surface area contributed by atoms with Gasteiger partial charge in [-0.3, -0.25) is 4.98 Å². The summed E-state index contributed by atoms with van der Waals surface area (Å²) >= 11 is 1.28. The fraction of sp³-hybridized carbons (Fsp3) is 0.409. The van der Waals surface area contributed by atoms with Gasteiger partial charge in [-0.25, -0.2) is 18.4 Å². The molecule has 4 aromatic rings. The van der Waals surface area contributed by atoms with Crippen molar-refractivity contribution in [3.8, 4) is 16.5 Å². The van der Waals surface area contributed by atoms with Crippen LogP contribution in [0.1, 0.15) is 25.6 Å². The van der Waals surface area contributed by atoms with Crippen molar-refractivity contribution >= 4 is 37.5 Å². The van der Waals surface area contributed by atoms with Crippen LogP contribution in [0.4, 0.5) is 19.2 Å². The monoisotopic (exact) mass is 554 g/mol. The van der Waals surface area contributed by atoms with E-state index in [1.807, 2.05) is 6.92 Å². The third-order valence-corrected chi connectivity index (χ3v) is 8.04. The highest BCUT2D eigenvalue weighted by atomic mass is 32.2. The molecule has 37 heavy (non-hydrogen) atoms. The quantitative estimate of drug-likeness (QED) is 0.342. The number of alkyl halides is 3. The minimum atomic E-state index is -4.65. The summed E-state index contributed by atoms with van der Waals surface area (Å²) in [6.07, 6.45) is 0.469. The molecule has 5 heterocycles. The van der Waals surface area contributed by atoms with E-state index in [-0.39, 0.29) is 22.9 Å². The molecule has 1 atom stereocenters. The van der Waals surface area contributed by atoms with E-state index in [9.17, 15) is 21.6 Å². The van der Waals surface area contributed by atoms with Crippen molar-refractivity contribution in [2.24, 2.45) is 5.92 Å². The molecule has 0 radical (unpaired) electrons. The summed E-state index contributed by atoms with van der Waals surface area (Å²) in [5.41, 5.74) is 1.79. The van der Waals surface area contributed by atoms with Crippen LogP contribution in [0.3, 0.4) is 0 Å². The summed E-state index contributed by atoms with van der Waals surface area (Å²) < 4.78 is 72.8. The Labute approximate surface area is 213 Å². The van der Waals surface area contributed by atoms with Crippen LogP contribution >= 0.6 is 11.3 Å². The Morgan fingerprint density at radius 2 is 1.92 bits per heavy atom. The van der Waals surface area contributed by atoms with Crippen LogP contribution in [0.2, 0.25) is 0 Å². The summed E-state index contributed by atoms with van der Waals surface area (Å²) in [5.74, 6) is -1.13. The van der Waals surface area contributed by atoms with E-state index in [2.05, 4.69) is 25.1 Å². The maximum atomic E-state index is 12.7. The van der Waals surface area contributed by atoms with Crippen LogP contribution in [-0.2, 0) is 16.0 Å². The Morgan fingerprint density at radius 1 is 1.16 bits per heavy atom. The number of hydrogen-bond donors (Lipinski definition) is 0. The van der Waals surface area contributed by atoms with E-state index < -0.39 is 21.8 Å². The molecule has 0 bridgehead atoms. The van der Waals surface area contributed by atoms with Gasteiger partial charge in [0.15, 0.2) is 9.84 Å². The van der Waals surface area contributed by atoms with Gasteiger partial charge < -0.3 is 14.2 Å². The molecule has 1 fully saturated rings. The van der Waals surface area contributed by atoms with Gasteiger partial charge in [0.1, 0.15) is 16.5 Å². The molecule has 5 rings (SSSR count). The van der Waals surface area contributed by atoms with E-state index in [4.69, 9.17) is 9.26 Å². The summed E-state index contributed by atoms with van der Waals surface area (Å²) in [4.78, 5) is 19.0. The summed E-state index contributed by atoms with van der Waals surface area (Å²) in [6.45, 7) is 2.86. The number of ether oxygens (including phenoxy) is 1. The van der Waals surface area contributed by atoms with Crippen LogP contribution in [0.15, 0.2) is 40.0 Å². The van der Waals surface area contributed by atoms with Gasteiger partial charge in [-0.2, -0.15) is 18.2 Å². The molecule has 15 heteroatoms. The molecule has 0 aliphatic carbocycles. The molecule has 0 amide bonds. The highest BCUT2D eigenvalue weighted by molar-refractivity contribution is 7.90. The third-order valence-electron chi connectivity index (χ3n) is 6.10. The Hall–Kier alpha value is -3.33. The molecule has 10 nitrogen and oxygen atoms in total. The Balaban J connectivity index is 1.24. The van der Waals surface area contributed by atoms with Crippen molar-refractivity contribution in [1.82, 2.24) is 25.1 Å². The number of sulfone groups is 1.